The van der Waals surface area contributed by atoms with Gasteiger partial charge in [0.25, 0.3) is 0 Å². The highest BCUT2D eigenvalue weighted by atomic mass is 16.1. The minimum atomic E-state index is -0.372. The zero-order chi connectivity index (χ0) is 17.9. The van der Waals surface area contributed by atoms with Crippen molar-refractivity contribution in [2.45, 2.75) is 45.1 Å². The molecule has 1 saturated carbocycles. The van der Waals surface area contributed by atoms with Gasteiger partial charge in [0.05, 0.1) is 0 Å². The monoisotopic (exact) mass is 348 g/mol. The van der Waals surface area contributed by atoms with Gasteiger partial charge >= 0.3 is 0 Å². The standard InChI is InChI=1S/C23H28N2O/c24-23(26)21-8-4-7-18(14-21)19-9-10-22-16-25(12-11-20(22)13-19)15-17-5-2-1-3-6-17/h4,7-10,13-14,17H,1-3,5-6,11-12,15-16H2,(H2,24,26). The molecule has 0 aromatic heterocycles. The quantitative estimate of drug-likeness (QED) is 0.890. The maximum absolute atomic E-state index is 11.4. The second-order valence-electron chi connectivity index (χ2n) is 7.92. The number of fused-ring (bicyclic) bond motifs is 1. The van der Waals surface area contributed by atoms with Crippen molar-refractivity contribution in [1.82, 2.24) is 4.90 Å². The fourth-order valence-corrected chi connectivity index (χ4v) is 4.53. The molecule has 26 heavy (non-hydrogen) atoms. The summed E-state index contributed by atoms with van der Waals surface area (Å²) in [5.41, 5.74) is 11.1. The Labute approximate surface area is 156 Å². The molecule has 2 N–H and O–H groups in total. The average Bonchev–Trinajstić information content (AvgIpc) is 2.68. The van der Waals surface area contributed by atoms with E-state index in [4.69, 9.17) is 5.73 Å². The van der Waals surface area contributed by atoms with Gasteiger partial charge in [-0.1, -0.05) is 49.6 Å². The third-order valence-electron chi connectivity index (χ3n) is 6.02. The van der Waals surface area contributed by atoms with E-state index < -0.39 is 0 Å². The van der Waals surface area contributed by atoms with Crippen LogP contribution in [0.3, 0.4) is 0 Å². The number of primary amides is 1. The van der Waals surface area contributed by atoms with Crippen LogP contribution < -0.4 is 5.73 Å². The van der Waals surface area contributed by atoms with Gasteiger partial charge < -0.3 is 5.73 Å². The number of benzene rings is 2. The molecule has 3 nitrogen and oxygen atoms in total. The molecule has 1 aliphatic heterocycles. The summed E-state index contributed by atoms with van der Waals surface area (Å²) < 4.78 is 0. The molecule has 4 rings (SSSR count). The van der Waals surface area contributed by atoms with Crippen LogP contribution in [0.5, 0.6) is 0 Å². The van der Waals surface area contributed by atoms with E-state index in [1.54, 1.807) is 6.07 Å². The molecule has 1 aliphatic carbocycles. The topological polar surface area (TPSA) is 46.3 Å². The van der Waals surface area contributed by atoms with Crippen LogP contribution in [0, 0.1) is 5.92 Å². The summed E-state index contributed by atoms with van der Waals surface area (Å²) in [5, 5.41) is 0. The molecule has 0 radical (unpaired) electrons. The highest BCUT2D eigenvalue weighted by molar-refractivity contribution is 5.94. The fourth-order valence-electron chi connectivity index (χ4n) is 4.53. The molecular formula is C23H28N2O. The molecule has 0 atom stereocenters. The molecule has 0 spiro atoms. The summed E-state index contributed by atoms with van der Waals surface area (Å²) in [5.74, 6) is 0.532. The Kier molecular flexibility index (Phi) is 5.07. The van der Waals surface area contributed by atoms with Crippen LogP contribution in [0.15, 0.2) is 42.5 Å². The van der Waals surface area contributed by atoms with E-state index in [0.29, 0.717) is 5.56 Å². The third-order valence-corrected chi connectivity index (χ3v) is 6.02. The molecule has 0 unspecified atom stereocenters. The molecule has 2 aromatic carbocycles. The predicted octanol–water partition coefficient (Wildman–Crippen LogP) is 4.39. The smallest absolute Gasteiger partial charge is 0.248 e. The maximum Gasteiger partial charge on any atom is 0.248 e. The van der Waals surface area contributed by atoms with E-state index >= 15 is 0 Å². The van der Waals surface area contributed by atoms with Crippen molar-refractivity contribution < 1.29 is 4.79 Å². The number of amides is 1. The van der Waals surface area contributed by atoms with E-state index in [2.05, 4.69) is 23.1 Å². The number of nitrogens with two attached hydrogens (primary N) is 1. The molecule has 0 saturated heterocycles. The Morgan fingerprint density at radius 2 is 1.81 bits per heavy atom. The highest BCUT2D eigenvalue weighted by Crippen LogP contribution is 2.29. The van der Waals surface area contributed by atoms with Gasteiger partial charge in [-0.2, -0.15) is 0 Å². The predicted molar refractivity (Wildman–Crippen MR) is 106 cm³/mol. The number of hydrogen-bond donors (Lipinski definition) is 1. The van der Waals surface area contributed by atoms with E-state index in [1.807, 2.05) is 18.2 Å². The minimum Gasteiger partial charge on any atom is -0.366 e. The lowest BCUT2D eigenvalue weighted by atomic mass is 9.88. The summed E-state index contributed by atoms with van der Waals surface area (Å²) in [6.07, 6.45) is 8.22. The number of carbonyl (C=O) groups is 1. The van der Waals surface area contributed by atoms with Gasteiger partial charge in [-0.15, -0.1) is 0 Å². The van der Waals surface area contributed by atoms with Crippen LogP contribution in [0.25, 0.3) is 11.1 Å². The van der Waals surface area contributed by atoms with Crippen molar-refractivity contribution in [3.8, 4) is 11.1 Å². The number of nitrogens with zero attached hydrogens (tertiary/aromatic N) is 1. The van der Waals surface area contributed by atoms with Gasteiger partial charge in [0, 0.05) is 25.2 Å². The van der Waals surface area contributed by atoms with Crippen molar-refractivity contribution in [2.75, 3.05) is 13.1 Å². The van der Waals surface area contributed by atoms with Crippen molar-refractivity contribution in [3.63, 3.8) is 0 Å². The molecule has 2 aromatic rings. The van der Waals surface area contributed by atoms with Crippen LogP contribution in [0.2, 0.25) is 0 Å². The molecule has 2 aliphatic rings. The Hall–Kier alpha value is -2.13. The first kappa shape index (κ1) is 17.3. The van der Waals surface area contributed by atoms with Crippen molar-refractivity contribution in [2.24, 2.45) is 11.7 Å². The normalized spacial score (nSPS) is 18.5. The minimum absolute atomic E-state index is 0.372. The van der Waals surface area contributed by atoms with E-state index in [-0.39, 0.29) is 5.91 Å². The second-order valence-corrected chi connectivity index (χ2v) is 7.92. The van der Waals surface area contributed by atoms with Crippen LogP contribution in [-0.2, 0) is 13.0 Å². The number of carbonyl (C=O) groups excluding carboxylic acids is 1. The first-order valence-corrected chi connectivity index (χ1v) is 9.93. The Balaban J connectivity index is 1.48. The molecule has 136 valence electrons. The van der Waals surface area contributed by atoms with E-state index in [9.17, 15) is 4.79 Å². The van der Waals surface area contributed by atoms with Crippen molar-refractivity contribution in [3.05, 3.63) is 59.2 Å². The number of rotatable bonds is 4. The Bertz CT molecular complexity index is 793. The lowest BCUT2D eigenvalue weighted by Crippen LogP contribution is -2.35. The van der Waals surface area contributed by atoms with Crippen LogP contribution in [0.1, 0.15) is 53.6 Å². The van der Waals surface area contributed by atoms with Gasteiger partial charge in [-0.05, 0) is 59.6 Å². The number of hydrogen-bond acceptors (Lipinski definition) is 2. The Morgan fingerprint density at radius 3 is 2.62 bits per heavy atom. The summed E-state index contributed by atoms with van der Waals surface area (Å²) in [6, 6.07) is 14.4. The van der Waals surface area contributed by atoms with Gasteiger partial charge in [0.15, 0.2) is 0 Å². The summed E-state index contributed by atoms with van der Waals surface area (Å²) in [7, 11) is 0. The van der Waals surface area contributed by atoms with E-state index in [0.717, 1.165) is 31.0 Å². The molecule has 1 amide bonds. The first-order chi connectivity index (χ1) is 12.7. The summed E-state index contributed by atoms with van der Waals surface area (Å²) in [4.78, 5) is 14.1. The first-order valence-electron chi connectivity index (χ1n) is 9.93. The molecule has 1 fully saturated rings. The second kappa shape index (κ2) is 7.63. The van der Waals surface area contributed by atoms with Gasteiger partial charge in [-0.25, -0.2) is 0 Å². The molecular weight excluding hydrogens is 320 g/mol. The van der Waals surface area contributed by atoms with Crippen molar-refractivity contribution in [1.29, 1.82) is 0 Å². The van der Waals surface area contributed by atoms with Crippen LogP contribution >= 0.6 is 0 Å². The van der Waals surface area contributed by atoms with Gasteiger partial charge in [0.2, 0.25) is 5.91 Å². The molecule has 0 bridgehead atoms. The van der Waals surface area contributed by atoms with Gasteiger partial charge in [0.1, 0.15) is 0 Å². The Morgan fingerprint density at radius 1 is 1.00 bits per heavy atom. The van der Waals surface area contributed by atoms with Crippen LogP contribution in [-0.4, -0.2) is 23.9 Å². The summed E-state index contributed by atoms with van der Waals surface area (Å²) >= 11 is 0. The third kappa shape index (κ3) is 3.83. The van der Waals surface area contributed by atoms with E-state index in [1.165, 1.54) is 55.3 Å². The highest BCUT2D eigenvalue weighted by Gasteiger charge is 2.21. The molecule has 1 heterocycles. The summed E-state index contributed by atoms with van der Waals surface area (Å²) in [6.45, 7) is 3.50. The van der Waals surface area contributed by atoms with Crippen molar-refractivity contribution >= 4 is 5.91 Å². The maximum atomic E-state index is 11.4. The zero-order valence-electron chi connectivity index (χ0n) is 15.4. The molecule has 3 heteroatoms. The zero-order valence-corrected chi connectivity index (χ0v) is 15.4. The largest absolute Gasteiger partial charge is 0.366 e. The van der Waals surface area contributed by atoms with Gasteiger partial charge in [-0.3, -0.25) is 9.69 Å². The average molecular weight is 348 g/mol. The SMILES string of the molecule is NC(=O)c1cccc(-c2ccc3c(c2)CCN(CC2CCCCC2)C3)c1. The lowest BCUT2D eigenvalue weighted by molar-refractivity contribution is 0.100. The fraction of sp³-hybridized carbons (Fsp3) is 0.435. The lowest BCUT2D eigenvalue weighted by Gasteiger charge is -2.33. The van der Waals surface area contributed by atoms with Crippen LogP contribution in [0.4, 0.5) is 0 Å².